The summed E-state index contributed by atoms with van der Waals surface area (Å²) in [5.74, 6) is 0.596. The molecule has 5 heteroatoms. The van der Waals surface area contributed by atoms with Gasteiger partial charge in [-0.3, -0.25) is 0 Å². The van der Waals surface area contributed by atoms with Gasteiger partial charge in [-0.15, -0.1) is 0 Å². The molecule has 1 aliphatic heterocycles. The number of rotatable bonds is 3. The Morgan fingerprint density at radius 1 is 1.33 bits per heavy atom. The highest BCUT2D eigenvalue weighted by Gasteiger charge is 2.16. The molecule has 0 aromatic heterocycles. The molecule has 1 aromatic carbocycles. The van der Waals surface area contributed by atoms with E-state index in [1.54, 1.807) is 18.2 Å². The van der Waals surface area contributed by atoms with Crippen molar-refractivity contribution >= 4 is 21.4 Å². The van der Waals surface area contributed by atoms with Crippen molar-refractivity contribution in [2.24, 2.45) is 5.92 Å². The van der Waals surface area contributed by atoms with Crippen molar-refractivity contribution in [2.45, 2.75) is 24.2 Å². The number of nitrogens with one attached hydrogen (secondary N) is 1. The van der Waals surface area contributed by atoms with E-state index in [4.69, 9.17) is 11.6 Å². The Morgan fingerprint density at radius 3 is 2.61 bits per heavy atom. The molecule has 1 aliphatic rings. The molecule has 0 bridgehead atoms. The van der Waals surface area contributed by atoms with Gasteiger partial charge in [0.2, 0.25) is 0 Å². The van der Waals surface area contributed by atoms with Gasteiger partial charge in [0.05, 0.1) is 4.90 Å². The first-order valence-electron chi connectivity index (χ1n) is 6.16. The minimum Gasteiger partial charge on any atom is -0.317 e. The van der Waals surface area contributed by atoms with Crippen LogP contribution in [-0.2, 0) is 16.3 Å². The molecule has 1 fully saturated rings. The lowest BCUT2D eigenvalue weighted by Crippen LogP contribution is -2.28. The number of sulfone groups is 1. The molecule has 2 rings (SSSR count). The van der Waals surface area contributed by atoms with Crippen LogP contribution in [0.1, 0.15) is 18.4 Å². The lowest BCUT2D eigenvalue weighted by atomic mass is 9.91. The van der Waals surface area contributed by atoms with E-state index in [1.807, 2.05) is 0 Å². The van der Waals surface area contributed by atoms with E-state index in [-0.39, 0.29) is 0 Å². The lowest BCUT2D eigenvalue weighted by Gasteiger charge is -2.23. The Morgan fingerprint density at radius 2 is 2.00 bits per heavy atom. The van der Waals surface area contributed by atoms with E-state index in [0.717, 1.165) is 37.9 Å². The average Bonchev–Trinajstić information content (AvgIpc) is 2.32. The number of halogens is 1. The maximum absolute atomic E-state index is 11.5. The van der Waals surface area contributed by atoms with Crippen molar-refractivity contribution in [1.82, 2.24) is 5.32 Å². The Hall–Kier alpha value is -0.580. The van der Waals surface area contributed by atoms with Crippen LogP contribution in [0.5, 0.6) is 0 Å². The van der Waals surface area contributed by atoms with Gasteiger partial charge in [0.15, 0.2) is 9.84 Å². The van der Waals surface area contributed by atoms with Crippen molar-refractivity contribution < 1.29 is 8.42 Å². The monoisotopic (exact) mass is 287 g/mol. The van der Waals surface area contributed by atoms with Crippen LogP contribution in [0.15, 0.2) is 23.1 Å². The highest BCUT2D eigenvalue weighted by Crippen LogP contribution is 2.26. The fourth-order valence-electron chi connectivity index (χ4n) is 2.34. The maximum atomic E-state index is 11.5. The molecule has 1 saturated heterocycles. The van der Waals surface area contributed by atoms with Gasteiger partial charge in [-0.05, 0) is 62.0 Å². The van der Waals surface area contributed by atoms with Crippen molar-refractivity contribution in [1.29, 1.82) is 0 Å². The van der Waals surface area contributed by atoms with Crippen LogP contribution >= 0.6 is 11.6 Å². The zero-order chi connectivity index (χ0) is 13.2. The van der Waals surface area contributed by atoms with Crippen LogP contribution in [0.3, 0.4) is 0 Å². The second-order valence-electron chi connectivity index (χ2n) is 4.92. The highest BCUT2D eigenvalue weighted by molar-refractivity contribution is 7.90. The zero-order valence-corrected chi connectivity index (χ0v) is 12.0. The summed E-state index contributed by atoms with van der Waals surface area (Å²) < 4.78 is 23.1. The molecule has 1 N–H and O–H groups in total. The third kappa shape index (κ3) is 3.46. The van der Waals surface area contributed by atoms with Crippen molar-refractivity contribution in [3.63, 3.8) is 0 Å². The van der Waals surface area contributed by atoms with E-state index < -0.39 is 9.84 Å². The molecule has 0 amide bonds. The Labute approximate surface area is 113 Å². The summed E-state index contributed by atoms with van der Waals surface area (Å²) in [4.78, 5) is 0.357. The smallest absolute Gasteiger partial charge is 0.175 e. The van der Waals surface area contributed by atoms with Crippen LogP contribution in [0.25, 0.3) is 0 Å². The Balaban J connectivity index is 2.21. The van der Waals surface area contributed by atoms with Crippen LogP contribution in [0.4, 0.5) is 0 Å². The molecular weight excluding hydrogens is 270 g/mol. The summed E-state index contributed by atoms with van der Waals surface area (Å²) in [6, 6.07) is 4.98. The van der Waals surface area contributed by atoms with Crippen LogP contribution < -0.4 is 5.32 Å². The maximum Gasteiger partial charge on any atom is 0.175 e. The van der Waals surface area contributed by atoms with Gasteiger partial charge < -0.3 is 5.32 Å². The average molecular weight is 288 g/mol. The molecule has 0 saturated carbocycles. The minimum atomic E-state index is -3.15. The predicted octanol–water partition coefficient (Wildman–Crippen LogP) is 2.29. The molecule has 1 aromatic rings. The summed E-state index contributed by atoms with van der Waals surface area (Å²) in [5.41, 5.74) is 0.950. The summed E-state index contributed by atoms with van der Waals surface area (Å²) in [6.07, 6.45) is 4.34. The molecule has 0 unspecified atom stereocenters. The quantitative estimate of drug-likeness (QED) is 0.928. The highest BCUT2D eigenvalue weighted by atomic mass is 35.5. The summed E-state index contributed by atoms with van der Waals surface area (Å²) in [7, 11) is -3.15. The number of piperidine rings is 1. The standard InChI is InChI=1S/C13H18ClNO2S/c1-18(16,17)12-2-3-13(14)11(9-12)8-10-4-6-15-7-5-10/h2-3,9-10,15H,4-8H2,1H3. The minimum absolute atomic E-state index is 0.357. The lowest BCUT2D eigenvalue weighted by molar-refractivity contribution is 0.372. The van der Waals surface area contributed by atoms with E-state index in [0.29, 0.717) is 15.8 Å². The molecular formula is C13H18ClNO2S. The first-order valence-corrected chi connectivity index (χ1v) is 8.43. The van der Waals surface area contributed by atoms with Crippen LogP contribution in [-0.4, -0.2) is 27.8 Å². The summed E-state index contributed by atoms with van der Waals surface area (Å²) in [6.45, 7) is 2.07. The van der Waals surface area contributed by atoms with Gasteiger partial charge in [0.1, 0.15) is 0 Å². The van der Waals surface area contributed by atoms with Crippen molar-refractivity contribution in [3.05, 3.63) is 28.8 Å². The third-order valence-electron chi connectivity index (χ3n) is 3.41. The van der Waals surface area contributed by atoms with Crippen LogP contribution in [0.2, 0.25) is 5.02 Å². The number of hydrogen-bond acceptors (Lipinski definition) is 3. The Kier molecular flexibility index (Phi) is 4.30. The second kappa shape index (κ2) is 5.59. The van der Waals surface area contributed by atoms with Crippen molar-refractivity contribution in [3.8, 4) is 0 Å². The summed E-state index contributed by atoms with van der Waals surface area (Å²) >= 11 is 6.16. The molecule has 0 spiro atoms. The largest absolute Gasteiger partial charge is 0.317 e. The molecule has 0 aliphatic carbocycles. The molecule has 0 radical (unpaired) electrons. The van der Waals surface area contributed by atoms with Gasteiger partial charge in [0, 0.05) is 11.3 Å². The predicted molar refractivity (Wildman–Crippen MR) is 73.9 cm³/mol. The molecule has 1 heterocycles. The molecule has 18 heavy (non-hydrogen) atoms. The molecule has 100 valence electrons. The molecule has 3 nitrogen and oxygen atoms in total. The van der Waals surface area contributed by atoms with Crippen molar-refractivity contribution in [2.75, 3.05) is 19.3 Å². The van der Waals surface area contributed by atoms with Gasteiger partial charge in [-0.25, -0.2) is 8.42 Å². The normalized spacial score (nSPS) is 17.9. The fraction of sp³-hybridized carbons (Fsp3) is 0.538. The Bertz CT molecular complexity index is 522. The topological polar surface area (TPSA) is 46.2 Å². The van der Waals surface area contributed by atoms with E-state index in [9.17, 15) is 8.42 Å². The number of hydrogen-bond donors (Lipinski definition) is 1. The van der Waals surface area contributed by atoms with Gasteiger partial charge >= 0.3 is 0 Å². The van der Waals surface area contributed by atoms with Gasteiger partial charge in [-0.1, -0.05) is 11.6 Å². The van der Waals surface area contributed by atoms with Gasteiger partial charge in [0.25, 0.3) is 0 Å². The van der Waals surface area contributed by atoms with E-state index in [2.05, 4.69) is 5.32 Å². The second-order valence-corrected chi connectivity index (χ2v) is 7.35. The fourth-order valence-corrected chi connectivity index (χ4v) is 3.20. The third-order valence-corrected chi connectivity index (χ3v) is 4.89. The van der Waals surface area contributed by atoms with E-state index >= 15 is 0 Å². The summed E-state index contributed by atoms with van der Waals surface area (Å²) in [5, 5.41) is 3.99. The SMILES string of the molecule is CS(=O)(=O)c1ccc(Cl)c(CC2CCNCC2)c1. The first-order chi connectivity index (χ1) is 8.47. The van der Waals surface area contributed by atoms with Gasteiger partial charge in [-0.2, -0.15) is 0 Å². The zero-order valence-electron chi connectivity index (χ0n) is 10.4. The van der Waals surface area contributed by atoms with E-state index in [1.165, 1.54) is 6.26 Å². The first kappa shape index (κ1) is 13.8. The van der Waals surface area contributed by atoms with Crippen LogP contribution in [0, 0.1) is 5.92 Å². The number of benzene rings is 1. The molecule has 0 atom stereocenters.